The molecule has 0 bridgehead atoms. The molecule has 1 saturated heterocycles. The van der Waals surface area contributed by atoms with E-state index in [9.17, 15) is 4.39 Å². The zero-order valence-corrected chi connectivity index (χ0v) is 17.9. The van der Waals surface area contributed by atoms with Gasteiger partial charge in [-0.3, -0.25) is 9.80 Å². The van der Waals surface area contributed by atoms with Crippen molar-refractivity contribution in [2.75, 3.05) is 20.2 Å². The highest BCUT2D eigenvalue weighted by Gasteiger charge is 2.31. The molecule has 0 amide bonds. The summed E-state index contributed by atoms with van der Waals surface area (Å²) < 4.78 is 19.9. The van der Waals surface area contributed by atoms with Crippen LogP contribution < -0.4 is 4.74 Å². The molecule has 30 heavy (non-hydrogen) atoms. The van der Waals surface area contributed by atoms with E-state index in [1.54, 1.807) is 13.2 Å². The van der Waals surface area contributed by atoms with E-state index in [0.717, 1.165) is 48.0 Å². The third kappa shape index (κ3) is 4.67. The highest BCUT2D eigenvalue weighted by molar-refractivity contribution is 6.31. The first-order valence-electron chi connectivity index (χ1n) is 10.2. The molecule has 5 heteroatoms. The molecule has 0 spiro atoms. The molecule has 3 nitrogen and oxygen atoms in total. The van der Waals surface area contributed by atoms with Crippen molar-refractivity contribution in [2.45, 2.75) is 25.7 Å². The Morgan fingerprint density at radius 2 is 1.57 bits per heavy atom. The predicted octanol–water partition coefficient (Wildman–Crippen LogP) is 5.89. The van der Waals surface area contributed by atoms with Crippen LogP contribution in [0.5, 0.6) is 5.75 Å². The summed E-state index contributed by atoms with van der Waals surface area (Å²) in [6, 6.07) is 23.1. The highest BCUT2D eigenvalue weighted by Crippen LogP contribution is 2.34. The minimum absolute atomic E-state index is 0.00438. The van der Waals surface area contributed by atoms with Crippen LogP contribution in [0.1, 0.15) is 29.3 Å². The molecule has 1 aliphatic rings. The maximum absolute atomic E-state index is 14.4. The molecule has 0 aromatic heterocycles. The summed E-state index contributed by atoms with van der Waals surface area (Å²) in [5, 5.41) is 0.771. The van der Waals surface area contributed by atoms with Crippen molar-refractivity contribution < 1.29 is 9.13 Å². The fourth-order valence-corrected chi connectivity index (χ4v) is 4.39. The zero-order chi connectivity index (χ0) is 20.9. The molecule has 3 aromatic carbocycles. The fourth-order valence-electron chi connectivity index (χ4n) is 4.20. The molecular weight excluding hydrogens is 399 g/mol. The molecule has 4 rings (SSSR count). The van der Waals surface area contributed by atoms with Gasteiger partial charge < -0.3 is 4.74 Å². The number of halogens is 2. The standard InChI is InChI=1S/C25H26ClFN2O/c1-30-22-11-6-10-19(16-22)25-28(17-20-8-2-4-12-23(20)26)14-7-15-29(25)18-21-9-3-5-13-24(21)27/h2-6,8-13,16,25H,7,14-15,17-18H2,1H3/t25-/m1/s1. The lowest BCUT2D eigenvalue weighted by molar-refractivity contribution is -0.00971. The van der Waals surface area contributed by atoms with Crippen LogP contribution in [0.4, 0.5) is 4.39 Å². The first-order valence-corrected chi connectivity index (χ1v) is 10.6. The normalized spacial score (nSPS) is 17.8. The zero-order valence-electron chi connectivity index (χ0n) is 17.1. The van der Waals surface area contributed by atoms with Crippen LogP contribution in [0.25, 0.3) is 0 Å². The van der Waals surface area contributed by atoms with Gasteiger partial charge in [0.2, 0.25) is 0 Å². The summed E-state index contributed by atoms with van der Waals surface area (Å²) in [4.78, 5) is 4.76. The lowest BCUT2D eigenvalue weighted by Crippen LogP contribution is -2.47. The monoisotopic (exact) mass is 424 g/mol. The number of rotatable bonds is 6. The predicted molar refractivity (Wildman–Crippen MR) is 119 cm³/mol. The molecule has 156 valence electrons. The van der Waals surface area contributed by atoms with Crippen LogP contribution in [0.2, 0.25) is 5.02 Å². The average molecular weight is 425 g/mol. The van der Waals surface area contributed by atoms with Gasteiger partial charge in [-0.2, -0.15) is 0 Å². The molecule has 1 aliphatic heterocycles. The maximum Gasteiger partial charge on any atom is 0.127 e. The molecule has 1 atom stereocenters. The quantitative estimate of drug-likeness (QED) is 0.490. The number of nitrogens with zero attached hydrogens (tertiary/aromatic N) is 2. The number of hydrogen-bond acceptors (Lipinski definition) is 3. The van der Waals surface area contributed by atoms with Crippen molar-refractivity contribution in [3.8, 4) is 5.75 Å². The van der Waals surface area contributed by atoms with Crippen molar-refractivity contribution in [3.05, 3.63) is 100 Å². The van der Waals surface area contributed by atoms with E-state index in [1.165, 1.54) is 6.07 Å². The lowest BCUT2D eigenvalue weighted by atomic mass is 10.0. The Morgan fingerprint density at radius 1 is 0.900 bits per heavy atom. The van der Waals surface area contributed by atoms with Gasteiger partial charge in [0, 0.05) is 36.8 Å². The molecule has 0 radical (unpaired) electrons. The Hall–Kier alpha value is -2.40. The Morgan fingerprint density at radius 3 is 2.27 bits per heavy atom. The van der Waals surface area contributed by atoms with E-state index >= 15 is 0 Å². The van der Waals surface area contributed by atoms with Gasteiger partial charge in [0.15, 0.2) is 0 Å². The maximum atomic E-state index is 14.4. The molecule has 0 aliphatic carbocycles. The summed E-state index contributed by atoms with van der Waals surface area (Å²) in [7, 11) is 1.68. The topological polar surface area (TPSA) is 15.7 Å². The second kappa shape index (κ2) is 9.61. The Kier molecular flexibility index (Phi) is 6.68. The SMILES string of the molecule is COc1cccc([C@H]2N(Cc3ccccc3F)CCCN2Cc2ccccc2Cl)c1. The molecule has 3 aromatic rings. The highest BCUT2D eigenvalue weighted by atomic mass is 35.5. The van der Waals surface area contributed by atoms with Gasteiger partial charge in [-0.15, -0.1) is 0 Å². The van der Waals surface area contributed by atoms with E-state index in [-0.39, 0.29) is 12.0 Å². The Labute approximate surface area is 182 Å². The summed E-state index contributed by atoms with van der Waals surface area (Å²) >= 11 is 6.46. The first-order chi connectivity index (χ1) is 14.7. The van der Waals surface area contributed by atoms with Crippen molar-refractivity contribution in [2.24, 2.45) is 0 Å². The van der Waals surface area contributed by atoms with Crippen LogP contribution in [0, 0.1) is 5.82 Å². The second-order valence-corrected chi connectivity index (χ2v) is 8.03. The molecule has 0 unspecified atom stereocenters. The van der Waals surface area contributed by atoms with Gasteiger partial charge in [-0.05, 0) is 41.8 Å². The van der Waals surface area contributed by atoms with Crippen molar-refractivity contribution >= 4 is 11.6 Å². The largest absolute Gasteiger partial charge is 0.497 e. The van der Waals surface area contributed by atoms with Gasteiger partial charge in [0.25, 0.3) is 0 Å². The van der Waals surface area contributed by atoms with Crippen LogP contribution in [0.3, 0.4) is 0 Å². The van der Waals surface area contributed by atoms with E-state index in [1.807, 2.05) is 42.5 Å². The minimum Gasteiger partial charge on any atom is -0.497 e. The first kappa shape index (κ1) is 20.9. The third-order valence-electron chi connectivity index (χ3n) is 5.64. The van der Waals surface area contributed by atoms with Crippen molar-refractivity contribution in [1.82, 2.24) is 9.80 Å². The van der Waals surface area contributed by atoms with Gasteiger partial charge in [0.1, 0.15) is 11.6 Å². The third-order valence-corrected chi connectivity index (χ3v) is 6.01. The summed E-state index contributed by atoms with van der Waals surface area (Å²) in [5.74, 6) is 0.659. The Balaban J connectivity index is 1.69. The molecule has 0 saturated carbocycles. The van der Waals surface area contributed by atoms with Crippen LogP contribution >= 0.6 is 11.6 Å². The summed E-state index contributed by atoms with van der Waals surface area (Å²) in [6.45, 7) is 3.12. The van der Waals surface area contributed by atoms with E-state index in [0.29, 0.717) is 12.1 Å². The second-order valence-electron chi connectivity index (χ2n) is 7.63. The number of benzene rings is 3. The molecular formula is C25H26ClFN2O. The Bertz CT molecular complexity index is 941. The van der Waals surface area contributed by atoms with Gasteiger partial charge in [0.05, 0.1) is 13.3 Å². The van der Waals surface area contributed by atoms with E-state index in [2.05, 4.69) is 28.0 Å². The molecule has 0 N–H and O–H groups in total. The average Bonchev–Trinajstić information content (AvgIpc) is 2.77. The van der Waals surface area contributed by atoms with Gasteiger partial charge >= 0.3 is 0 Å². The van der Waals surface area contributed by atoms with Crippen molar-refractivity contribution in [3.63, 3.8) is 0 Å². The lowest BCUT2D eigenvalue weighted by Gasteiger charge is -2.44. The number of ether oxygens (including phenoxy) is 1. The fraction of sp³-hybridized carbons (Fsp3) is 0.280. The van der Waals surface area contributed by atoms with Crippen LogP contribution in [-0.4, -0.2) is 30.0 Å². The van der Waals surface area contributed by atoms with Crippen LogP contribution in [0.15, 0.2) is 72.8 Å². The molecule has 1 fully saturated rings. The van der Waals surface area contributed by atoms with Crippen molar-refractivity contribution in [1.29, 1.82) is 0 Å². The van der Waals surface area contributed by atoms with Gasteiger partial charge in [-0.25, -0.2) is 4.39 Å². The number of hydrogen-bond donors (Lipinski definition) is 0. The van der Waals surface area contributed by atoms with E-state index in [4.69, 9.17) is 16.3 Å². The minimum atomic E-state index is -0.162. The number of methoxy groups -OCH3 is 1. The van der Waals surface area contributed by atoms with Gasteiger partial charge in [-0.1, -0.05) is 60.1 Å². The molecule has 1 heterocycles. The smallest absolute Gasteiger partial charge is 0.127 e. The summed E-state index contributed by atoms with van der Waals surface area (Å²) in [6.07, 6.45) is 1.02. The summed E-state index contributed by atoms with van der Waals surface area (Å²) in [5.41, 5.74) is 2.95. The van der Waals surface area contributed by atoms with Crippen LogP contribution in [-0.2, 0) is 13.1 Å². The van der Waals surface area contributed by atoms with E-state index < -0.39 is 0 Å².